The van der Waals surface area contributed by atoms with Gasteiger partial charge in [0.25, 0.3) is 5.91 Å². The first-order valence-electron chi connectivity index (χ1n) is 8.77. The van der Waals surface area contributed by atoms with Crippen LogP contribution in [0.25, 0.3) is 0 Å². The van der Waals surface area contributed by atoms with E-state index < -0.39 is 27.0 Å². The molecule has 1 aromatic carbocycles. The summed E-state index contributed by atoms with van der Waals surface area (Å²) in [4.78, 5) is 13.4. The molecule has 0 bridgehead atoms. The van der Waals surface area contributed by atoms with Crippen LogP contribution in [-0.4, -0.2) is 71.7 Å². The van der Waals surface area contributed by atoms with Crippen molar-refractivity contribution in [3.63, 3.8) is 0 Å². The third-order valence-corrected chi connectivity index (χ3v) is 6.50. The van der Waals surface area contributed by atoms with Crippen LogP contribution in [0.1, 0.15) is 10.5 Å². The zero-order chi connectivity index (χ0) is 21.8. The second-order valence-electron chi connectivity index (χ2n) is 6.16. The normalized spacial score (nSPS) is 15.2. The van der Waals surface area contributed by atoms with Crippen LogP contribution in [0.15, 0.2) is 35.4 Å². The topological polar surface area (TPSA) is 106 Å². The third kappa shape index (κ3) is 5.86. The number of sulfonamides is 1. The molecule has 1 aliphatic rings. The first-order chi connectivity index (χ1) is 14.2. The minimum atomic E-state index is -5.03. The first kappa shape index (κ1) is 22.4. The van der Waals surface area contributed by atoms with Gasteiger partial charge in [-0.05, 0) is 12.1 Å². The van der Waals surface area contributed by atoms with Gasteiger partial charge in [0.2, 0.25) is 10.0 Å². The molecule has 0 aliphatic carbocycles. The molecule has 0 atom stereocenters. The Morgan fingerprint density at radius 3 is 2.63 bits per heavy atom. The van der Waals surface area contributed by atoms with Crippen LogP contribution in [0.2, 0.25) is 0 Å². The smallest absolute Gasteiger partial charge is 0.404 e. The number of rotatable bonds is 7. The van der Waals surface area contributed by atoms with Crippen LogP contribution in [-0.2, 0) is 16.6 Å². The van der Waals surface area contributed by atoms with Gasteiger partial charge in [0, 0.05) is 31.1 Å². The van der Waals surface area contributed by atoms with Gasteiger partial charge < -0.3 is 9.64 Å². The van der Waals surface area contributed by atoms with Gasteiger partial charge in [-0.3, -0.25) is 9.48 Å². The summed E-state index contributed by atoms with van der Waals surface area (Å²) in [7, 11) is -4.27. The molecule has 1 fully saturated rings. The van der Waals surface area contributed by atoms with Crippen LogP contribution < -0.4 is 9.46 Å². The van der Waals surface area contributed by atoms with E-state index in [1.54, 1.807) is 16.7 Å². The lowest BCUT2D eigenvalue weighted by Gasteiger charge is -2.25. The van der Waals surface area contributed by atoms with E-state index in [-0.39, 0.29) is 24.7 Å². The lowest BCUT2D eigenvalue weighted by atomic mass is 10.3. The van der Waals surface area contributed by atoms with Crippen molar-refractivity contribution < 1.29 is 31.1 Å². The third-order valence-electron chi connectivity index (χ3n) is 4.05. The summed E-state index contributed by atoms with van der Waals surface area (Å²) in [5.74, 6) is 0.619. The number of para-hydroxylation sites is 1. The molecule has 3 rings (SSSR count). The van der Waals surface area contributed by atoms with Crippen molar-refractivity contribution in [3.05, 3.63) is 36.2 Å². The molecule has 2 aromatic rings. The highest BCUT2D eigenvalue weighted by molar-refractivity contribution is 7.99. The molecule has 1 aliphatic heterocycles. The minimum Gasteiger partial charge on any atom is -0.404 e. The molecule has 1 N–H and O–H groups in total. The van der Waals surface area contributed by atoms with E-state index in [2.05, 4.69) is 19.8 Å². The number of nitrogens with zero attached hydrogens (tertiary/aromatic N) is 4. The predicted octanol–water partition coefficient (Wildman–Crippen LogP) is 1.34. The van der Waals surface area contributed by atoms with Gasteiger partial charge in [-0.2, -0.15) is 11.8 Å². The molecule has 0 unspecified atom stereocenters. The number of ether oxygens (including phenoxy) is 1. The Labute approximate surface area is 174 Å². The lowest BCUT2D eigenvalue weighted by Crippen LogP contribution is -2.38. The molecule has 14 heteroatoms. The highest BCUT2D eigenvalue weighted by atomic mass is 32.2. The SMILES string of the molecule is O=C(c1cn(CCNS(=O)(=O)c2ccccc2OC(F)(F)F)nn1)N1CCSCC1. The standard InChI is InChI=1S/C16H18F3N5O4S2/c17-16(18,19)28-13-3-1-2-4-14(13)30(26,27)20-5-6-24-11-12(21-22-24)15(25)23-7-9-29-10-8-23/h1-4,11,20H,5-10H2. The summed E-state index contributed by atoms with van der Waals surface area (Å²) < 4.78 is 69.5. The van der Waals surface area contributed by atoms with Crippen molar-refractivity contribution >= 4 is 27.7 Å². The van der Waals surface area contributed by atoms with E-state index in [9.17, 15) is 26.4 Å². The number of alkyl halides is 3. The zero-order valence-corrected chi connectivity index (χ0v) is 17.1. The molecular weight excluding hydrogens is 447 g/mol. The van der Waals surface area contributed by atoms with Crippen LogP contribution in [0, 0.1) is 0 Å². The van der Waals surface area contributed by atoms with Gasteiger partial charge in [-0.1, -0.05) is 17.3 Å². The number of halogens is 3. The Morgan fingerprint density at radius 1 is 1.23 bits per heavy atom. The van der Waals surface area contributed by atoms with Gasteiger partial charge in [-0.15, -0.1) is 18.3 Å². The first-order valence-corrected chi connectivity index (χ1v) is 11.4. The monoisotopic (exact) mass is 465 g/mol. The summed E-state index contributed by atoms with van der Waals surface area (Å²) in [5.41, 5.74) is 0.147. The van der Waals surface area contributed by atoms with Gasteiger partial charge in [0.1, 0.15) is 10.6 Å². The molecule has 30 heavy (non-hydrogen) atoms. The fourth-order valence-corrected chi connectivity index (χ4v) is 4.74. The Balaban J connectivity index is 1.60. The maximum atomic E-state index is 12.5. The number of amides is 1. The van der Waals surface area contributed by atoms with Crippen molar-refractivity contribution in [3.8, 4) is 5.75 Å². The summed E-state index contributed by atoms with van der Waals surface area (Å²) in [6.45, 7) is 1.09. The van der Waals surface area contributed by atoms with E-state index in [0.29, 0.717) is 13.1 Å². The Morgan fingerprint density at radius 2 is 1.93 bits per heavy atom. The van der Waals surface area contributed by atoms with Gasteiger partial charge in [0.05, 0.1) is 12.7 Å². The van der Waals surface area contributed by atoms with E-state index in [0.717, 1.165) is 23.6 Å². The highest BCUT2D eigenvalue weighted by Gasteiger charge is 2.34. The fraction of sp³-hybridized carbons (Fsp3) is 0.438. The molecule has 9 nitrogen and oxygen atoms in total. The molecule has 0 spiro atoms. The Bertz CT molecular complexity index is 991. The number of nitrogens with one attached hydrogen (secondary N) is 1. The Hall–Kier alpha value is -2.32. The number of hydrogen-bond donors (Lipinski definition) is 1. The number of carbonyl (C=O) groups excluding carboxylic acids is 1. The van der Waals surface area contributed by atoms with E-state index in [1.165, 1.54) is 23.0 Å². The van der Waals surface area contributed by atoms with Crippen LogP contribution >= 0.6 is 11.8 Å². The Kier molecular flexibility index (Phi) is 6.88. The molecule has 1 saturated heterocycles. The maximum Gasteiger partial charge on any atom is 0.573 e. The molecule has 164 valence electrons. The molecular formula is C16H18F3N5O4S2. The van der Waals surface area contributed by atoms with E-state index in [4.69, 9.17) is 0 Å². The molecule has 2 heterocycles. The number of carbonyl (C=O) groups is 1. The van der Waals surface area contributed by atoms with E-state index >= 15 is 0 Å². The quantitative estimate of drug-likeness (QED) is 0.658. The molecule has 1 amide bonds. The van der Waals surface area contributed by atoms with Crippen molar-refractivity contribution in [1.29, 1.82) is 0 Å². The van der Waals surface area contributed by atoms with E-state index in [1.807, 2.05) is 0 Å². The summed E-state index contributed by atoms with van der Waals surface area (Å²) >= 11 is 1.76. The van der Waals surface area contributed by atoms with Crippen LogP contribution in [0.4, 0.5) is 13.2 Å². The predicted molar refractivity (Wildman–Crippen MR) is 102 cm³/mol. The average Bonchev–Trinajstić information content (AvgIpc) is 3.16. The highest BCUT2D eigenvalue weighted by Crippen LogP contribution is 2.29. The minimum absolute atomic E-state index is 0.0255. The van der Waals surface area contributed by atoms with Crippen molar-refractivity contribution in [2.24, 2.45) is 0 Å². The van der Waals surface area contributed by atoms with Crippen molar-refractivity contribution in [2.75, 3.05) is 31.1 Å². The van der Waals surface area contributed by atoms with Crippen LogP contribution in [0.3, 0.4) is 0 Å². The number of benzene rings is 1. The molecule has 0 saturated carbocycles. The van der Waals surface area contributed by atoms with Gasteiger partial charge >= 0.3 is 6.36 Å². The number of hydrogen-bond acceptors (Lipinski definition) is 7. The average molecular weight is 465 g/mol. The summed E-state index contributed by atoms with van der Waals surface area (Å²) in [5, 5.41) is 7.61. The zero-order valence-electron chi connectivity index (χ0n) is 15.5. The number of thioether (sulfide) groups is 1. The second kappa shape index (κ2) is 9.22. The molecule has 0 radical (unpaired) electrons. The fourth-order valence-electron chi connectivity index (χ4n) is 2.69. The van der Waals surface area contributed by atoms with Crippen molar-refractivity contribution in [1.82, 2.24) is 24.6 Å². The number of aromatic nitrogens is 3. The van der Waals surface area contributed by atoms with Crippen molar-refractivity contribution in [2.45, 2.75) is 17.8 Å². The van der Waals surface area contributed by atoms with Crippen LogP contribution in [0.5, 0.6) is 5.75 Å². The molecule has 1 aromatic heterocycles. The second-order valence-corrected chi connectivity index (χ2v) is 9.12. The van der Waals surface area contributed by atoms with Gasteiger partial charge in [0.15, 0.2) is 5.69 Å². The largest absolute Gasteiger partial charge is 0.573 e. The summed E-state index contributed by atoms with van der Waals surface area (Å²) in [6.07, 6.45) is -3.62. The van der Waals surface area contributed by atoms with Gasteiger partial charge in [-0.25, -0.2) is 13.1 Å². The lowest BCUT2D eigenvalue weighted by molar-refractivity contribution is -0.275. The maximum absolute atomic E-state index is 12.5. The summed E-state index contributed by atoms with van der Waals surface area (Å²) in [6, 6.07) is 4.43.